The van der Waals surface area contributed by atoms with Crippen molar-refractivity contribution in [3.8, 4) is 5.95 Å². The normalized spacial score (nSPS) is 16.2. The molecule has 1 aliphatic heterocycles. The predicted octanol–water partition coefficient (Wildman–Crippen LogP) is 6.07. The smallest absolute Gasteiger partial charge is 0.289 e. The number of nitrogens with one attached hydrogen (secondary N) is 2. The van der Waals surface area contributed by atoms with Gasteiger partial charge in [0.25, 0.3) is 17.1 Å². The Morgan fingerprint density at radius 2 is 1.59 bits per heavy atom. The molecule has 0 aliphatic carbocycles. The number of carbonyl (C=O) groups is 3. The van der Waals surface area contributed by atoms with Crippen LogP contribution < -0.4 is 15.4 Å². The Bertz CT molecular complexity index is 1710. The van der Waals surface area contributed by atoms with E-state index in [1.807, 2.05) is 80.6 Å². The van der Waals surface area contributed by atoms with Gasteiger partial charge in [-0.05, 0) is 24.1 Å². The van der Waals surface area contributed by atoms with Crippen LogP contribution in [0.1, 0.15) is 19.4 Å². The van der Waals surface area contributed by atoms with E-state index in [4.69, 9.17) is 14.1 Å². The highest BCUT2D eigenvalue weighted by Gasteiger charge is 2.35. The fraction of sp³-hybridized carbons (Fsp3) is 0.200. The Labute approximate surface area is 228 Å². The van der Waals surface area contributed by atoms with Crippen molar-refractivity contribution in [3.05, 3.63) is 78.4 Å². The standard InChI is InChI=1S/C30H25N3O5S/c1-16(2)26(28(35)32-25-18-10-3-6-12-21(18)31-22-13-7-4-11-19(22)25)38-29-20(15-24-27(34)33-30(36)39-24)17-9-5-8-14-23(17)37-29/h3-14,16,24,26H,15H2,1-2H3,(H,31,32,35)(H,33,34,36). The zero-order valence-corrected chi connectivity index (χ0v) is 22.1. The molecule has 9 heteroatoms. The van der Waals surface area contributed by atoms with Crippen LogP contribution in [0.3, 0.4) is 0 Å². The number of nitrogens with zero attached hydrogens (tertiary/aromatic N) is 1. The summed E-state index contributed by atoms with van der Waals surface area (Å²) in [6.07, 6.45) is -0.678. The third-order valence-electron chi connectivity index (χ3n) is 6.75. The third kappa shape index (κ3) is 4.70. The molecule has 2 aromatic heterocycles. The van der Waals surface area contributed by atoms with Crippen LogP contribution >= 0.6 is 11.8 Å². The summed E-state index contributed by atoms with van der Waals surface area (Å²) in [6.45, 7) is 3.79. The lowest BCUT2D eigenvalue weighted by Crippen LogP contribution is -2.37. The molecule has 196 valence electrons. The van der Waals surface area contributed by atoms with E-state index in [-0.39, 0.29) is 35.3 Å². The Kier molecular flexibility index (Phi) is 6.44. The van der Waals surface area contributed by atoms with Crippen LogP contribution in [0, 0.1) is 5.92 Å². The number of amides is 3. The SMILES string of the molecule is CC(C)C(Oc1oc2ccccc2c1CC1SC(=O)NC1=O)C(=O)Nc1c2ccccc2nc2ccccc12. The molecule has 5 aromatic rings. The highest BCUT2D eigenvalue weighted by atomic mass is 32.2. The van der Waals surface area contributed by atoms with Crippen LogP contribution in [0.4, 0.5) is 10.5 Å². The van der Waals surface area contributed by atoms with Gasteiger partial charge in [-0.3, -0.25) is 19.7 Å². The Balaban J connectivity index is 1.36. The van der Waals surface area contributed by atoms with Gasteiger partial charge in [-0.25, -0.2) is 4.98 Å². The molecule has 1 fully saturated rings. The molecule has 0 saturated carbocycles. The maximum atomic E-state index is 13.8. The lowest BCUT2D eigenvalue weighted by Gasteiger charge is -2.22. The van der Waals surface area contributed by atoms with E-state index in [2.05, 4.69) is 10.6 Å². The molecule has 39 heavy (non-hydrogen) atoms. The highest BCUT2D eigenvalue weighted by Crippen LogP contribution is 2.37. The summed E-state index contributed by atoms with van der Waals surface area (Å²) in [5.74, 6) is -0.727. The number of thioether (sulfide) groups is 1. The number of ether oxygens (including phenoxy) is 1. The van der Waals surface area contributed by atoms with Crippen LogP contribution in [0.15, 0.2) is 77.2 Å². The Morgan fingerprint density at radius 1 is 0.974 bits per heavy atom. The second-order valence-electron chi connectivity index (χ2n) is 9.74. The number of hydrogen-bond acceptors (Lipinski definition) is 7. The van der Waals surface area contributed by atoms with E-state index in [0.29, 0.717) is 16.8 Å². The number of rotatable bonds is 7. The van der Waals surface area contributed by atoms with Gasteiger partial charge in [0.05, 0.1) is 22.0 Å². The van der Waals surface area contributed by atoms with Gasteiger partial charge in [0, 0.05) is 28.1 Å². The highest BCUT2D eigenvalue weighted by molar-refractivity contribution is 8.15. The minimum atomic E-state index is -0.901. The average molecular weight is 540 g/mol. The maximum absolute atomic E-state index is 13.8. The van der Waals surface area contributed by atoms with Crippen molar-refractivity contribution >= 4 is 67.3 Å². The molecule has 3 aromatic carbocycles. The fourth-order valence-corrected chi connectivity index (χ4v) is 5.69. The molecule has 1 aliphatic rings. The molecule has 0 spiro atoms. The van der Waals surface area contributed by atoms with Crippen molar-refractivity contribution in [2.24, 2.45) is 5.92 Å². The summed E-state index contributed by atoms with van der Waals surface area (Å²) in [5, 5.41) is 6.87. The second-order valence-corrected chi connectivity index (χ2v) is 10.9. The van der Waals surface area contributed by atoms with Gasteiger partial charge in [0.1, 0.15) is 5.58 Å². The van der Waals surface area contributed by atoms with E-state index < -0.39 is 11.4 Å². The van der Waals surface area contributed by atoms with Crippen molar-refractivity contribution in [2.45, 2.75) is 31.6 Å². The summed E-state index contributed by atoms with van der Waals surface area (Å²) in [4.78, 5) is 42.6. The van der Waals surface area contributed by atoms with Crippen molar-refractivity contribution in [2.75, 3.05) is 5.32 Å². The number of furan rings is 1. The molecule has 3 heterocycles. The molecular weight excluding hydrogens is 514 g/mol. The van der Waals surface area contributed by atoms with Crippen LogP contribution in [-0.2, 0) is 16.0 Å². The van der Waals surface area contributed by atoms with Crippen molar-refractivity contribution in [1.82, 2.24) is 10.3 Å². The first-order chi connectivity index (χ1) is 18.9. The average Bonchev–Trinajstić information content (AvgIpc) is 3.44. The molecule has 0 bridgehead atoms. The minimum absolute atomic E-state index is 0.169. The molecule has 1 saturated heterocycles. The zero-order chi connectivity index (χ0) is 27.1. The van der Waals surface area contributed by atoms with Gasteiger partial charge in [0.15, 0.2) is 6.10 Å². The van der Waals surface area contributed by atoms with Crippen molar-refractivity contribution < 1.29 is 23.5 Å². The number of carbonyl (C=O) groups excluding carboxylic acids is 3. The van der Waals surface area contributed by atoms with E-state index in [1.165, 1.54) is 0 Å². The van der Waals surface area contributed by atoms with Crippen molar-refractivity contribution in [1.29, 1.82) is 0 Å². The minimum Gasteiger partial charge on any atom is -0.451 e. The maximum Gasteiger partial charge on any atom is 0.289 e. The van der Waals surface area contributed by atoms with Crippen LogP contribution in [0.5, 0.6) is 5.95 Å². The molecule has 2 atom stereocenters. The second kappa shape index (κ2) is 10.1. The molecule has 2 unspecified atom stereocenters. The molecule has 8 nitrogen and oxygen atoms in total. The summed E-state index contributed by atoms with van der Waals surface area (Å²) >= 11 is 0.943. The summed E-state index contributed by atoms with van der Waals surface area (Å²) in [7, 11) is 0. The van der Waals surface area contributed by atoms with Crippen LogP contribution in [-0.4, -0.2) is 33.4 Å². The topological polar surface area (TPSA) is 111 Å². The first kappa shape index (κ1) is 24.9. The molecule has 2 N–H and O–H groups in total. The number of anilines is 1. The fourth-order valence-electron chi connectivity index (χ4n) is 4.85. The van der Waals surface area contributed by atoms with Crippen LogP contribution in [0.25, 0.3) is 32.8 Å². The third-order valence-corrected chi connectivity index (χ3v) is 7.73. The predicted molar refractivity (Wildman–Crippen MR) is 152 cm³/mol. The summed E-state index contributed by atoms with van der Waals surface area (Å²) in [6, 6.07) is 22.7. The first-order valence-electron chi connectivity index (χ1n) is 12.7. The van der Waals surface area contributed by atoms with E-state index in [0.717, 1.165) is 39.0 Å². The van der Waals surface area contributed by atoms with Gasteiger partial charge in [0.2, 0.25) is 5.91 Å². The van der Waals surface area contributed by atoms with Gasteiger partial charge in [-0.1, -0.05) is 80.2 Å². The number of benzene rings is 3. The summed E-state index contributed by atoms with van der Waals surface area (Å²) in [5.41, 5.74) is 3.43. The van der Waals surface area contributed by atoms with Crippen molar-refractivity contribution in [3.63, 3.8) is 0 Å². The quantitative estimate of drug-likeness (QED) is 0.242. The number of imide groups is 1. The lowest BCUT2D eigenvalue weighted by molar-refractivity contribution is -0.125. The number of para-hydroxylation sites is 3. The van der Waals surface area contributed by atoms with Crippen LogP contribution in [0.2, 0.25) is 0 Å². The lowest BCUT2D eigenvalue weighted by atomic mass is 10.0. The van der Waals surface area contributed by atoms with Gasteiger partial charge in [-0.2, -0.15) is 0 Å². The van der Waals surface area contributed by atoms with Gasteiger partial charge in [-0.15, -0.1) is 0 Å². The molecule has 6 rings (SSSR count). The van der Waals surface area contributed by atoms with Gasteiger partial charge >= 0.3 is 0 Å². The van der Waals surface area contributed by atoms with Gasteiger partial charge < -0.3 is 14.5 Å². The molecular formula is C30H25N3O5S. The zero-order valence-electron chi connectivity index (χ0n) is 21.3. The number of aromatic nitrogens is 1. The molecule has 0 radical (unpaired) electrons. The number of fused-ring (bicyclic) bond motifs is 3. The van der Waals surface area contributed by atoms with E-state index >= 15 is 0 Å². The summed E-state index contributed by atoms with van der Waals surface area (Å²) < 4.78 is 12.4. The monoisotopic (exact) mass is 539 g/mol. The van der Waals surface area contributed by atoms with E-state index in [1.54, 1.807) is 6.07 Å². The molecule has 3 amide bonds. The number of pyridine rings is 1. The largest absolute Gasteiger partial charge is 0.451 e. The Morgan fingerprint density at radius 3 is 2.21 bits per heavy atom. The first-order valence-corrected chi connectivity index (χ1v) is 13.5. The Hall–Kier alpha value is -4.37. The number of hydrogen-bond donors (Lipinski definition) is 2. The van der Waals surface area contributed by atoms with E-state index in [9.17, 15) is 14.4 Å².